The fraction of sp³-hybridized carbons (Fsp3) is 0.714. The zero-order valence-electron chi connectivity index (χ0n) is 11.2. The van der Waals surface area contributed by atoms with Crippen molar-refractivity contribution in [2.24, 2.45) is 5.41 Å². The molecule has 0 amide bonds. The van der Waals surface area contributed by atoms with Crippen molar-refractivity contribution in [1.82, 2.24) is 10.2 Å². The molecular formula is C14H24N2O. The highest BCUT2D eigenvalue weighted by Gasteiger charge is 2.27. The van der Waals surface area contributed by atoms with Crippen LogP contribution in [0.25, 0.3) is 0 Å². The first-order chi connectivity index (χ1) is 8.05. The minimum absolute atomic E-state index is 0.318. The van der Waals surface area contributed by atoms with Crippen LogP contribution in [-0.2, 0) is 6.54 Å². The lowest BCUT2D eigenvalue weighted by molar-refractivity contribution is 0.192. The Morgan fingerprint density at radius 1 is 1.47 bits per heavy atom. The van der Waals surface area contributed by atoms with Gasteiger partial charge in [0.05, 0.1) is 12.5 Å². The number of hydrogen-bond acceptors (Lipinski definition) is 3. The number of hydrogen-bond donors (Lipinski definition) is 1. The fourth-order valence-corrected chi connectivity index (χ4v) is 2.36. The van der Waals surface area contributed by atoms with Gasteiger partial charge in [-0.25, -0.2) is 0 Å². The van der Waals surface area contributed by atoms with Crippen LogP contribution in [0.5, 0.6) is 0 Å². The largest absolute Gasteiger partial charge is 0.472 e. The predicted octanol–water partition coefficient (Wildman–Crippen LogP) is 2.49. The van der Waals surface area contributed by atoms with E-state index in [4.69, 9.17) is 4.42 Å². The van der Waals surface area contributed by atoms with E-state index in [2.05, 4.69) is 37.1 Å². The normalized spacial score (nSPS) is 23.6. The molecule has 1 aliphatic heterocycles. The summed E-state index contributed by atoms with van der Waals surface area (Å²) in [5.74, 6) is 0. The van der Waals surface area contributed by atoms with Gasteiger partial charge in [0, 0.05) is 24.7 Å². The Hall–Kier alpha value is -0.800. The van der Waals surface area contributed by atoms with Crippen molar-refractivity contribution in [3.63, 3.8) is 0 Å². The summed E-state index contributed by atoms with van der Waals surface area (Å²) >= 11 is 0. The van der Waals surface area contributed by atoms with Gasteiger partial charge in [-0.2, -0.15) is 0 Å². The second kappa shape index (κ2) is 5.23. The lowest BCUT2D eigenvalue weighted by atomic mass is 9.86. The van der Waals surface area contributed by atoms with Crippen molar-refractivity contribution in [2.45, 2.75) is 39.8 Å². The Kier molecular flexibility index (Phi) is 3.89. The molecule has 0 radical (unpaired) electrons. The SMILES string of the molecule is CC(C)(C)C1CN(Cc2ccoc2)CCCN1. The lowest BCUT2D eigenvalue weighted by Crippen LogP contribution is -2.46. The molecule has 1 aromatic rings. The van der Waals surface area contributed by atoms with Crippen molar-refractivity contribution >= 4 is 0 Å². The average Bonchev–Trinajstić information content (AvgIpc) is 2.61. The van der Waals surface area contributed by atoms with Gasteiger partial charge < -0.3 is 9.73 Å². The summed E-state index contributed by atoms with van der Waals surface area (Å²) in [4.78, 5) is 2.53. The minimum atomic E-state index is 0.318. The van der Waals surface area contributed by atoms with Crippen LogP contribution in [0.1, 0.15) is 32.8 Å². The molecule has 0 aliphatic carbocycles. The van der Waals surface area contributed by atoms with E-state index in [1.165, 1.54) is 18.5 Å². The average molecular weight is 236 g/mol. The summed E-state index contributed by atoms with van der Waals surface area (Å²) in [5.41, 5.74) is 1.60. The van der Waals surface area contributed by atoms with E-state index < -0.39 is 0 Å². The van der Waals surface area contributed by atoms with Crippen molar-refractivity contribution in [3.8, 4) is 0 Å². The van der Waals surface area contributed by atoms with Gasteiger partial charge in [0.1, 0.15) is 0 Å². The lowest BCUT2D eigenvalue weighted by Gasteiger charge is -2.33. The molecule has 2 heterocycles. The molecule has 0 aromatic carbocycles. The molecular weight excluding hydrogens is 212 g/mol. The van der Waals surface area contributed by atoms with E-state index in [0.717, 1.165) is 19.6 Å². The van der Waals surface area contributed by atoms with E-state index in [-0.39, 0.29) is 0 Å². The van der Waals surface area contributed by atoms with Crippen LogP contribution in [0.4, 0.5) is 0 Å². The number of nitrogens with zero attached hydrogens (tertiary/aromatic N) is 1. The second-order valence-electron chi connectivity index (χ2n) is 6.09. The van der Waals surface area contributed by atoms with E-state index >= 15 is 0 Å². The van der Waals surface area contributed by atoms with Gasteiger partial charge >= 0.3 is 0 Å². The van der Waals surface area contributed by atoms with Gasteiger partial charge in [-0.15, -0.1) is 0 Å². The third-order valence-corrected chi connectivity index (χ3v) is 3.51. The first kappa shape index (κ1) is 12.7. The van der Waals surface area contributed by atoms with Crippen molar-refractivity contribution in [1.29, 1.82) is 0 Å². The van der Waals surface area contributed by atoms with Crippen molar-refractivity contribution in [2.75, 3.05) is 19.6 Å². The van der Waals surface area contributed by atoms with Gasteiger partial charge in [-0.1, -0.05) is 20.8 Å². The molecule has 1 atom stereocenters. The van der Waals surface area contributed by atoms with Gasteiger partial charge in [-0.3, -0.25) is 4.90 Å². The molecule has 1 fully saturated rings. The highest BCUT2D eigenvalue weighted by atomic mass is 16.3. The quantitative estimate of drug-likeness (QED) is 0.855. The van der Waals surface area contributed by atoms with Crippen LogP contribution < -0.4 is 5.32 Å². The van der Waals surface area contributed by atoms with Gasteiger partial charge in [-0.05, 0) is 31.0 Å². The summed E-state index contributed by atoms with van der Waals surface area (Å²) in [6, 6.07) is 2.63. The van der Waals surface area contributed by atoms with Gasteiger partial charge in [0.25, 0.3) is 0 Å². The second-order valence-corrected chi connectivity index (χ2v) is 6.09. The number of rotatable bonds is 2. The Bertz CT molecular complexity index is 326. The zero-order valence-corrected chi connectivity index (χ0v) is 11.2. The molecule has 2 rings (SSSR count). The minimum Gasteiger partial charge on any atom is -0.472 e. The highest BCUT2D eigenvalue weighted by Crippen LogP contribution is 2.22. The third kappa shape index (κ3) is 3.58. The number of nitrogens with one attached hydrogen (secondary N) is 1. The molecule has 96 valence electrons. The molecule has 1 unspecified atom stereocenters. The molecule has 0 spiro atoms. The molecule has 0 saturated carbocycles. The van der Waals surface area contributed by atoms with Crippen LogP contribution in [0.2, 0.25) is 0 Å². The molecule has 0 bridgehead atoms. The predicted molar refractivity (Wildman–Crippen MR) is 69.8 cm³/mol. The van der Waals surface area contributed by atoms with E-state index in [1.807, 2.05) is 6.26 Å². The van der Waals surface area contributed by atoms with Crippen molar-refractivity contribution in [3.05, 3.63) is 24.2 Å². The Morgan fingerprint density at radius 3 is 2.94 bits per heavy atom. The topological polar surface area (TPSA) is 28.4 Å². The van der Waals surface area contributed by atoms with Crippen molar-refractivity contribution < 1.29 is 4.42 Å². The monoisotopic (exact) mass is 236 g/mol. The van der Waals surface area contributed by atoms with E-state index in [1.54, 1.807) is 6.26 Å². The molecule has 1 N–H and O–H groups in total. The third-order valence-electron chi connectivity index (χ3n) is 3.51. The smallest absolute Gasteiger partial charge is 0.0947 e. The van der Waals surface area contributed by atoms with Crippen LogP contribution in [0, 0.1) is 5.41 Å². The number of furan rings is 1. The van der Waals surface area contributed by atoms with Gasteiger partial charge in [0.15, 0.2) is 0 Å². The Balaban J connectivity index is 1.97. The maximum atomic E-state index is 5.14. The highest BCUT2D eigenvalue weighted by molar-refractivity contribution is 5.05. The van der Waals surface area contributed by atoms with Gasteiger partial charge in [0.2, 0.25) is 0 Å². The van der Waals surface area contributed by atoms with Crippen LogP contribution >= 0.6 is 0 Å². The maximum absolute atomic E-state index is 5.14. The van der Waals surface area contributed by atoms with Crippen LogP contribution in [-0.4, -0.2) is 30.6 Å². The first-order valence-electron chi connectivity index (χ1n) is 6.52. The van der Waals surface area contributed by atoms with Crippen LogP contribution in [0.3, 0.4) is 0 Å². The Labute approximate surface area is 104 Å². The fourth-order valence-electron chi connectivity index (χ4n) is 2.36. The first-order valence-corrected chi connectivity index (χ1v) is 6.52. The molecule has 17 heavy (non-hydrogen) atoms. The summed E-state index contributed by atoms with van der Waals surface area (Å²) in [7, 11) is 0. The Morgan fingerprint density at radius 2 is 2.29 bits per heavy atom. The van der Waals surface area contributed by atoms with E-state index in [9.17, 15) is 0 Å². The molecule has 1 aromatic heterocycles. The summed E-state index contributed by atoms with van der Waals surface area (Å²) in [5, 5.41) is 3.67. The molecule has 3 heteroatoms. The summed E-state index contributed by atoms with van der Waals surface area (Å²) < 4.78 is 5.14. The summed E-state index contributed by atoms with van der Waals surface area (Å²) in [6.07, 6.45) is 4.83. The zero-order chi connectivity index (χ0) is 12.3. The van der Waals surface area contributed by atoms with Crippen LogP contribution in [0.15, 0.2) is 23.0 Å². The van der Waals surface area contributed by atoms with E-state index in [0.29, 0.717) is 11.5 Å². The molecule has 1 aliphatic rings. The maximum Gasteiger partial charge on any atom is 0.0947 e. The molecule has 1 saturated heterocycles. The molecule has 3 nitrogen and oxygen atoms in total. The summed E-state index contributed by atoms with van der Waals surface area (Å²) in [6.45, 7) is 11.4. The standard InChI is InChI=1S/C14H24N2O/c1-14(2,3)13-10-16(7-4-6-15-13)9-12-5-8-17-11-12/h5,8,11,13,15H,4,6-7,9-10H2,1-3H3.